The number of carbonyl (C=O) groups excluding carboxylic acids is 1. The second kappa shape index (κ2) is 6.06. The fourth-order valence-electron chi connectivity index (χ4n) is 1.95. The lowest BCUT2D eigenvalue weighted by atomic mass is 10.2. The topological polar surface area (TPSA) is 121 Å². The molecule has 0 saturated heterocycles. The van der Waals surface area contributed by atoms with Gasteiger partial charge in [0.15, 0.2) is 23.6 Å². The second-order valence-corrected chi connectivity index (χ2v) is 4.52. The number of aldehydes is 1. The van der Waals surface area contributed by atoms with Gasteiger partial charge in [0.05, 0.1) is 0 Å². The van der Waals surface area contributed by atoms with Crippen LogP contribution in [0, 0.1) is 0 Å². The summed E-state index contributed by atoms with van der Waals surface area (Å²) in [6.45, 7) is 0. The van der Waals surface area contributed by atoms with Gasteiger partial charge >= 0.3 is 0 Å². The third-order valence-corrected chi connectivity index (χ3v) is 3.03. The zero-order valence-electron chi connectivity index (χ0n) is 11.7. The summed E-state index contributed by atoms with van der Waals surface area (Å²) in [4.78, 5) is 37.5. The standard InChI is InChI=1S/C15H11N5O3/c21-8-9-4-1-2-5-10(9)18-11-14(22)19-13(20-15(11)23)12-16-6-3-7-17-12/h1-8,18H,(H2,19,20,22,23). The van der Waals surface area contributed by atoms with E-state index in [0.29, 0.717) is 17.5 Å². The largest absolute Gasteiger partial charge is 0.492 e. The van der Waals surface area contributed by atoms with Gasteiger partial charge in [-0.05, 0) is 18.2 Å². The predicted octanol–water partition coefficient (Wildman–Crippen LogP) is 1.49. The van der Waals surface area contributed by atoms with E-state index in [0.717, 1.165) is 0 Å². The van der Waals surface area contributed by atoms with Crippen LogP contribution in [0.15, 0.2) is 47.5 Å². The van der Waals surface area contributed by atoms with E-state index < -0.39 is 11.4 Å². The van der Waals surface area contributed by atoms with Gasteiger partial charge in [-0.3, -0.25) is 9.59 Å². The molecule has 0 amide bonds. The third-order valence-electron chi connectivity index (χ3n) is 3.03. The molecule has 3 N–H and O–H groups in total. The van der Waals surface area contributed by atoms with Crippen LogP contribution in [0.4, 0.5) is 11.4 Å². The summed E-state index contributed by atoms with van der Waals surface area (Å²) < 4.78 is 0. The molecule has 0 aliphatic carbocycles. The fourth-order valence-corrected chi connectivity index (χ4v) is 1.95. The minimum atomic E-state index is -0.611. The van der Waals surface area contributed by atoms with Gasteiger partial charge in [-0.15, -0.1) is 0 Å². The van der Waals surface area contributed by atoms with Crippen molar-refractivity contribution < 1.29 is 9.90 Å². The summed E-state index contributed by atoms with van der Waals surface area (Å²) >= 11 is 0. The number of aromatic amines is 1. The highest BCUT2D eigenvalue weighted by molar-refractivity contribution is 5.86. The van der Waals surface area contributed by atoms with Crippen molar-refractivity contribution in [2.24, 2.45) is 0 Å². The monoisotopic (exact) mass is 309 g/mol. The Kier molecular flexibility index (Phi) is 3.79. The molecule has 0 aliphatic rings. The molecule has 0 radical (unpaired) electrons. The molecular weight excluding hydrogens is 298 g/mol. The zero-order valence-corrected chi connectivity index (χ0v) is 11.7. The minimum absolute atomic E-state index is 0.0438. The van der Waals surface area contributed by atoms with Crippen LogP contribution in [0.25, 0.3) is 11.6 Å². The molecule has 0 bridgehead atoms. The molecule has 3 aromatic rings. The lowest BCUT2D eigenvalue weighted by Crippen LogP contribution is -2.15. The normalized spacial score (nSPS) is 10.3. The lowest BCUT2D eigenvalue weighted by molar-refractivity contribution is 0.112. The predicted molar refractivity (Wildman–Crippen MR) is 82.7 cm³/mol. The van der Waals surface area contributed by atoms with Crippen molar-refractivity contribution in [1.29, 1.82) is 0 Å². The second-order valence-electron chi connectivity index (χ2n) is 4.52. The number of para-hydroxylation sites is 1. The number of benzene rings is 1. The van der Waals surface area contributed by atoms with Crippen molar-refractivity contribution in [3.8, 4) is 17.5 Å². The number of nitrogens with zero attached hydrogens (tertiary/aromatic N) is 3. The molecule has 0 saturated carbocycles. The maximum atomic E-state index is 12.2. The third kappa shape index (κ3) is 2.91. The van der Waals surface area contributed by atoms with Crippen molar-refractivity contribution >= 4 is 17.7 Å². The first kappa shape index (κ1) is 14.4. The number of aromatic nitrogens is 4. The first-order valence-corrected chi connectivity index (χ1v) is 6.61. The van der Waals surface area contributed by atoms with Crippen LogP contribution in [0.2, 0.25) is 0 Å². The highest BCUT2D eigenvalue weighted by Gasteiger charge is 2.14. The quantitative estimate of drug-likeness (QED) is 0.624. The minimum Gasteiger partial charge on any atom is -0.492 e. The number of hydrogen-bond donors (Lipinski definition) is 3. The van der Waals surface area contributed by atoms with Gasteiger partial charge in [-0.25, -0.2) is 9.97 Å². The van der Waals surface area contributed by atoms with Gasteiger partial charge in [0, 0.05) is 23.6 Å². The Bertz CT molecular complexity index is 908. The van der Waals surface area contributed by atoms with Crippen LogP contribution in [0.5, 0.6) is 5.88 Å². The van der Waals surface area contributed by atoms with Crippen molar-refractivity contribution in [3.63, 3.8) is 0 Å². The molecule has 2 heterocycles. The lowest BCUT2D eigenvalue weighted by Gasteiger charge is -2.09. The van der Waals surface area contributed by atoms with Gasteiger partial charge < -0.3 is 15.4 Å². The molecule has 0 spiro atoms. The highest BCUT2D eigenvalue weighted by Crippen LogP contribution is 2.23. The number of hydrogen-bond acceptors (Lipinski definition) is 7. The van der Waals surface area contributed by atoms with Gasteiger partial charge in [-0.2, -0.15) is 4.98 Å². The van der Waals surface area contributed by atoms with Crippen molar-refractivity contribution in [2.45, 2.75) is 0 Å². The Morgan fingerprint density at radius 2 is 1.87 bits per heavy atom. The average molecular weight is 309 g/mol. The molecule has 1 aromatic carbocycles. The van der Waals surface area contributed by atoms with Crippen LogP contribution in [0.3, 0.4) is 0 Å². The molecule has 2 aromatic heterocycles. The molecule has 8 heteroatoms. The zero-order chi connectivity index (χ0) is 16.2. The van der Waals surface area contributed by atoms with E-state index in [1.807, 2.05) is 0 Å². The molecule has 3 rings (SSSR count). The van der Waals surface area contributed by atoms with Gasteiger partial charge in [0.25, 0.3) is 5.56 Å². The number of H-pyrrole nitrogens is 1. The summed E-state index contributed by atoms with van der Waals surface area (Å²) in [6.07, 6.45) is 3.63. The van der Waals surface area contributed by atoms with E-state index in [-0.39, 0.29) is 17.3 Å². The smallest absolute Gasteiger partial charge is 0.278 e. The number of nitrogens with one attached hydrogen (secondary N) is 2. The van der Waals surface area contributed by atoms with Crippen LogP contribution < -0.4 is 10.9 Å². The number of rotatable bonds is 4. The molecule has 114 valence electrons. The molecule has 8 nitrogen and oxygen atoms in total. The molecule has 23 heavy (non-hydrogen) atoms. The van der Waals surface area contributed by atoms with Crippen LogP contribution in [0.1, 0.15) is 10.4 Å². The van der Waals surface area contributed by atoms with E-state index in [1.165, 1.54) is 12.4 Å². The van der Waals surface area contributed by atoms with E-state index in [1.54, 1.807) is 30.3 Å². The summed E-state index contributed by atoms with van der Waals surface area (Å²) in [5.74, 6) is -0.293. The maximum absolute atomic E-state index is 12.2. The van der Waals surface area contributed by atoms with Crippen LogP contribution >= 0.6 is 0 Å². The molecule has 0 fully saturated rings. The van der Waals surface area contributed by atoms with E-state index in [4.69, 9.17) is 0 Å². The van der Waals surface area contributed by atoms with Crippen molar-refractivity contribution in [2.75, 3.05) is 5.32 Å². The number of carbonyl (C=O) groups is 1. The summed E-state index contributed by atoms with van der Waals surface area (Å²) in [7, 11) is 0. The number of aromatic hydroxyl groups is 1. The fraction of sp³-hybridized carbons (Fsp3) is 0. The molecule has 0 aliphatic heterocycles. The van der Waals surface area contributed by atoms with Crippen LogP contribution in [-0.4, -0.2) is 31.3 Å². The Hall–Kier alpha value is -3.55. The Labute approximate surface area is 129 Å². The number of anilines is 2. The SMILES string of the molecule is O=Cc1ccccc1Nc1c(O)nc(-c2ncccn2)[nH]c1=O. The van der Waals surface area contributed by atoms with Crippen molar-refractivity contribution in [1.82, 2.24) is 19.9 Å². The highest BCUT2D eigenvalue weighted by atomic mass is 16.3. The van der Waals surface area contributed by atoms with E-state index in [2.05, 4.69) is 25.3 Å². The Balaban J connectivity index is 2.02. The summed E-state index contributed by atoms with van der Waals surface area (Å²) in [5, 5.41) is 12.7. The van der Waals surface area contributed by atoms with Gasteiger partial charge in [0.1, 0.15) is 0 Å². The first-order chi connectivity index (χ1) is 11.2. The maximum Gasteiger partial charge on any atom is 0.278 e. The molecule has 0 unspecified atom stereocenters. The van der Waals surface area contributed by atoms with Gasteiger partial charge in [0.2, 0.25) is 5.88 Å². The van der Waals surface area contributed by atoms with E-state index in [9.17, 15) is 14.7 Å². The van der Waals surface area contributed by atoms with E-state index >= 15 is 0 Å². The average Bonchev–Trinajstić information content (AvgIpc) is 2.59. The molecular formula is C15H11N5O3. The Morgan fingerprint density at radius 3 is 2.57 bits per heavy atom. The van der Waals surface area contributed by atoms with Crippen molar-refractivity contribution in [3.05, 3.63) is 58.6 Å². The van der Waals surface area contributed by atoms with Crippen LogP contribution in [-0.2, 0) is 0 Å². The first-order valence-electron chi connectivity index (χ1n) is 6.61. The summed E-state index contributed by atoms with van der Waals surface area (Å²) in [6, 6.07) is 8.19. The summed E-state index contributed by atoms with van der Waals surface area (Å²) in [5.41, 5.74) is -0.0461. The van der Waals surface area contributed by atoms with Gasteiger partial charge in [-0.1, -0.05) is 12.1 Å². The molecule has 0 atom stereocenters. The Morgan fingerprint density at radius 1 is 1.13 bits per heavy atom.